The molecule has 0 aromatic carbocycles. The van der Waals surface area contributed by atoms with Crippen LogP contribution in [0.25, 0.3) is 0 Å². The van der Waals surface area contributed by atoms with E-state index >= 15 is 0 Å². The Morgan fingerprint density at radius 2 is 2.00 bits per heavy atom. The average Bonchev–Trinajstić information content (AvgIpc) is 2.15. The van der Waals surface area contributed by atoms with Crippen molar-refractivity contribution in [1.29, 1.82) is 0 Å². The Balaban J connectivity index is 2.06. The molecule has 2 rings (SSSR count). The van der Waals surface area contributed by atoms with Gasteiger partial charge in [0.05, 0.1) is 18.2 Å². The van der Waals surface area contributed by atoms with Gasteiger partial charge in [-0.2, -0.15) is 0 Å². The van der Waals surface area contributed by atoms with E-state index in [1.807, 2.05) is 19.9 Å². The van der Waals surface area contributed by atoms with Crippen LogP contribution in [0, 0.1) is 0 Å². The fourth-order valence-corrected chi connectivity index (χ4v) is 2.47. The highest BCUT2D eigenvalue weighted by Gasteiger charge is 2.30. The minimum atomic E-state index is -0.152. The first-order valence-electron chi connectivity index (χ1n) is 5.78. The van der Waals surface area contributed by atoms with Crippen LogP contribution in [0.2, 0.25) is 0 Å². The third-order valence-corrected chi connectivity index (χ3v) is 3.09. The van der Waals surface area contributed by atoms with Crippen molar-refractivity contribution < 1.29 is 9.13 Å². The Morgan fingerprint density at radius 3 is 2.56 bits per heavy atom. The van der Waals surface area contributed by atoms with Crippen molar-refractivity contribution >= 4 is 0 Å². The van der Waals surface area contributed by atoms with E-state index < -0.39 is 0 Å². The largest absolute Gasteiger partial charge is 0.399 e. The molecule has 3 atom stereocenters. The second kappa shape index (κ2) is 4.55. The number of rotatable bonds is 1. The number of nitrogens with two attached hydrogens (primary N) is 1. The fraction of sp³-hybridized carbons (Fsp3) is 0.667. The minimum Gasteiger partial charge on any atom is -0.399 e. The van der Waals surface area contributed by atoms with Gasteiger partial charge < -0.3 is 10.5 Å². The highest BCUT2D eigenvalue weighted by molar-refractivity contribution is 5.26. The van der Waals surface area contributed by atoms with E-state index in [0.29, 0.717) is 12.1 Å². The third kappa shape index (κ3) is 2.44. The Labute approximate surface area is 95.7 Å². The molecule has 1 unspecified atom stereocenters. The molecule has 1 aliphatic heterocycles. The standard InChI is InChI=1S/C12H19FN2O/c1-8-6-15(7-9(2)16-8)12-4-3-10(14)5-11(12)13/h3,5,8-9,12H,4,6-7,14H2,1-2H3/t8-,9+,12?. The Bertz CT molecular complexity index is 317. The van der Waals surface area contributed by atoms with Crippen LogP contribution in [0.15, 0.2) is 23.7 Å². The van der Waals surface area contributed by atoms with Crippen LogP contribution in [0.5, 0.6) is 0 Å². The van der Waals surface area contributed by atoms with Gasteiger partial charge in [0.25, 0.3) is 0 Å². The molecule has 0 radical (unpaired) electrons. The topological polar surface area (TPSA) is 38.5 Å². The summed E-state index contributed by atoms with van der Waals surface area (Å²) in [5.41, 5.74) is 6.10. The summed E-state index contributed by atoms with van der Waals surface area (Å²) in [6.07, 6.45) is 4.31. The molecule has 0 bridgehead atoms. The summed E-state index contributed by atoms with van der Waals surface area (Å²) in [6.45, 7) is 5.61. The normalized spacial score (nSPS) is 36.8. The quantitative estimate of drug-likeness (QED) is 0.737. The van der Waals surface area contributed by atoms with E-state index in [1.165, 1.54) is 6.08 Å². The number of halogens is 1. The lowest BCUT2D eigenvalue weighted by Crippen LogP contribution is -2.50. The van der Waals surface area contributed by atoms with Crippen molar-refractivity contribution in [2.24, 2.45) is 5.73 Å². The van der Waals surface area contributed by atoms with Gasteiger partial charge in [0.15, 0.2) is 0 Å². The van der Waals surface area contributed by atoms with E-state index in [4.69, 9.17) is 10.5 Å². The average molecular weight is 226 g/mol. The zero-order chi connectivity index (χ0) is 11.7. The first-order valence-corrected chi connectivity index (χ1v) is 5.78. The van der Waals surface area contributed by atoms with Crippen molar-refractivity contribution in [1.82, 2.24) is 4.90 Å². The third-order valence-electron chi connectivity index (χ3n) is 3.09. The molecule has 16 heavy (non-hydrogen) atoms. The van der Waals surface area contributed by atoms with Crippen molar-refractivity contribution in [2.45, 2.75) is 38.5 Å². The van der Waals surface area contributed by atoms with Gasteiger partial charge in [-0.3, -0.25) is 4.90 Å². The summed E-state index contributed by atoms with van der Waals surface area (Å²) in [5.74, 6) is -0.124. The van der Waals surface area contributed by atoms with Crippen molar-refractivity contribution in [3.63, 3.8) is 0 Å². The van der Waals surface area contributed by atoms with Gasteiger partial charge in [-0.1, -0.05) is 6.08 Å². The van der Waals surface area contributed by atoms with Crippen LogP contribution in [0.1, 0.15) is 20.3 Å². The lowest BCUT2D eigenvalue weighted by atomic mass is 10.0. The zero-order valence-electron chi connectivity index (χ0n) is 9.82. The molecular formula is C12H19FN2O. The second-order valence-corrected chi connectivity index (χ2v) is 4.70. The molecular weight excluding hydrogens is 207 g/mol. The summed E-state index contributed by atoms with van der Waals surface area (Å²) >= 11 is 0. The van der Waals surface area contributed by atoms with Gasteiger partial charge in [-0.25, -0.2) is 4.39 Å². The molecule has 0 saturated carbocycles. The molecule has 2 aliphatic rings. The number of hydrogen-bond acceptors (Lipinski definition) is 3. The van der Waals surface area contributed by atoms with Gasteiger partial charge in [0, 0.05) is 18.8 Å². The van der Waals surface area contributed by atoms with Crippen LogP contribution in [0.4, 0.5) is 4.39 Å². The Morgan fingerprint density at radius 1 is 1.38 bits per heavy atom. The minimum absolute atomic E-state index is 0.124. The SMILES string of the molecule is C[C@@H]1CN(C2CC=C(N)C=C2F)C[C@H](C)O1. The first kappa shape index (κ1) is 11.6. The molecule has 1 fully saturated rings. The molecule has 3 nitrogen and oxygen atoms in total. The van der Waals surface area contributed by atoms with E-state index in [2.05, 4.69) is 4.90 Å². The van der Waals surface area contributed by atoms with E-state index in [9.17, 15) is 4.39 Å². The molecule has 0 aromatic rings. The highest BCUT2D eigenvalue weighted by atomic mass is 19.1. The van der Waals surface area contributed by atoms with Gasteiger partial charge in [0.1, 0.15) is 5.83 Å². The fourth-order valence-electron chi connectivity index (χ4n) is 2.47. The van der Waals surface area contributed by atoms with Crippen LogP contribution >= 0.6 is 0 Å². The predicted molar refractivity (Wildman–Crippen MR) is 61.4 cm³/mol. The van der Waals surface area contributed by atoms with Gasteiger partial charge in [0.2, 0.25) is 0 Å². The lowest BCUT2D eigenvalue weighted by molar-refractivity contribution is -0.0780. The monoisotopic (exact) mass is 226 g/mol. The summed E-state index contributed by atoms with van der Waals surface area (Å²) in [6, 6.07) is -0.152. The molecule has 0 spiro atoms. The summed E-state index contributed by atoms with van der Waals surface area (Å²) in [7, 11) is 0. The number of hydrogen-bond donors (Lipinski definition) is 1. The molecule has 0 aromatic heterocycles. The van der Waals surface area contributed by atoms with E-state index in [-0.39, 0.29) is 24.1 Å². The molecule has 90 valence electrons. The second-order valence-electron chi connectivity index (χ2n) is 4.70. The summed E-state index contributed by atoms with van der Waals surface area (Å²) in [4.78, 5) is 2.15. The maximum absolute atomic E-state index is 13.8. The maximum Gasteiger partial charge on any atom is 0.119 e. The molecule has 1 heterocycles. The van der Waals surface area contributed by atoms with Gasteiger partial charge >= 0.3 is 0 Å². The number of ether oxygens (including phenoxy) is 1. The van der Waals surface area contributed by atoms with Crippen LogP contribution < -0.4 is 5.73 Å². The number of nitrogens with zero attached hydrogens (tertiary/aromatic N) is 1. The smallest absolute Gasteiger partial charge is 0.119 e. The highest BCUT2D eigenvalue weighted by Crippen LogP contribution is 2.25. The van der Waals surface area contributed by atoms with Crippen molar-refractivity contribution in [3.8, 4) is 0 Å². The summed E-state index contributed by atoms with van der Waals surface area (Å²) in [5, 5.41) is 0. The Hall–Kier alpha value is -0.870. The molecule has 2 N–H and O–H groups in total. The Kier molecular flexibility index (Phi) is 3.30. The molecule has 0 amide bonds. The summed E-state index contributed by atoms with van der Waals surface area (Å²) < 4.78 is 19.4. The number of morpholine rings is 1. The first-order chi connectivity index (χ1) is 7.56. The number of allylic oxidation sites excluding steroid dienone is 1. The van der Waals surface area contributed by atoms with Crippen LogP contribution in [-0.2, 0) is 4.74 Å². The lowest BCUT2D eigenvalue weighted by Gasteiger charge is -2.40. The van der Waals surface area contributed by atoms with E-state index in [0.717, 1.165) is 13.1 Å². The van der Waals surface area contributed by atoms with Crippen molar-refractivity contribution in [2.75, 3.05) is 13.1 Å². The predicted octanol–water partition coefficient (Wildman–Crippen LogP) is 1.56. The van der Waals surface area contributed by atoms with Gasteiger partial charge in [-0.15, -0.1) is 0 Å². The van der Waals surface area contributed by atoms with Crippen molar-refractivity contribution in [3.05, 3.63) is 23.7 Å². The maximum atomic E-state index is 13.8. The van der Waals surface area contributed by atoms with Gasteiger partial charge in [-0.05, 0) is 26.3 Å². The molecule has 4 heteroatoms. The van der Waals surface area contributed by atoms with E-state index in [1.54, 1.807) is 0 Å². The van der Waals surface area contributed by atoms with Crippen LogP contribution in [-0.4, -0.2) is 36.2 Å². The zero-order valence-corrected chi connectivity index (χ0v) is 9.82. The van der Waals surface area contributed by atoms with Crippen LogP contribution in [0.3, 0.4) is 0 Å². The molecule has 1 saturated heterocycles. The molecule has 1 aliphatic carbocycles.